The normalized spacial score (nSPS) is 39.8. The van der Waals surface area contributed by atoms with Gasteiger partial charge in [-0.2, -0.15) is 18.4 Å². The van der Waals surface area contributed by atoms with Gasteiger partial charge < -0.3 is 5.11 Å². The summed E-state index contributed by atoms with van der Waals surface area (Å²) in [6.07, 6.45) is 12.5. The van der Waals surface area contributed by atoms with E-state index in [1.54, 1.807) is 24.3 Å². The van der Waals surface area contributed by atoms with Crippen LogP contribution >= 0.6 is 0 Å². The maximum atomic E-state index is 12.7. The van der Waals surface area contributed by atoms with Crippen molar-refractivity contribution in [1.29, 1.82) is 0 Å². The topological polar surface area (TPSA) is 78.8 Å². The molecule has 6 heteroatoms. The van der Waals surface area contributed by atoms with E-state index in [9.17, 15) is 13.5 Å². The molecule has 2 fully saturated rings. The van der Waals surface area contributed by atoms with Crippen LogP contribution in [0.1, 0.15) is 57.9 Å². The molecule has 6 atom stereocenters. The first-order valence-corrected chi connectivity index (χ1v) is 13.3. The Kier molecular flexibility index (Phi) is 5.17. The number of allylic oxidation sites excluding steroid dienone is 3. The number of benzene rings is 1. The monoisotopic (exact) mass is 454 g/mol. The van der Waals surface area contributed by atoms with Gasteiger partial charge in [0, 0.05) is 5.41 Å². The van der Waals surface area contributed by atoms with E-state index in [2.05, 4.69) is 35.9 Å². The Hall–Kier alpha value is -1.92. The lowest BCUT2D eigenvalue weighted by molar-refractivity contribution is -0.00856. The average molecular weight is 455 g/mol. The number of aliphatic hydroxyl groups is 1. The fourth-order valence-corrected chi connectivity index (χ4v) is 7.80. The summed E-state index contributed by atoms with van der Waals surface area (Å²) in [4.78, 5) is 2.73. The quantitative estimate of drug-likeness (QED) is 0.512. The summed E-state index contributed by atoms with van der Waals surface area (Å²) in [5.41, 5.74) is 3.36. The number of rotatable bonds is 3. The number of nitrogens with zero attached hydrogens (tertiary/aromatic N) is 1. The molecule has 0 aliphatic heterocycles. The molecule has 0 spiro atoms. The Morgan fingerprint density at radius 2 is 1.81 bits per heavy atom. The molecule has 32 heavy (non-hydrogen) atoms. The second-order valence-corrected chi connectivity index (χ2v) is 12.5. The van der Waals surface area contributed by atoms with Gasteiger partial charge in [-0.05, 0) is 86.8 Å². The molecule has 5 nitrogen and oxygen atoms in total. The molecule has 0 amide bonds. The molecule has 0 radical (unpaired) electrons. The van der Waals surface area contributed by atoms with Gasteiger partial charge in [-0.3, -0.25) is 0 Å². The smallest absolute Gasteiger partial charge is 0.276 e. The number of nitrogens with one attached hydrogen (secondary N) is 1. The Balaban J connectivity index is 1.38. The van der Waals surface area contributed by atoms with E-state index < -0.39 is 10.0 Å². The zero-order valence-corrected chi connectivity index (χ0v) is 20.0. The van der Waals surface area contributed by atoms with E-state index >= 15 is 0 Å². The SMILES string of the molecule is Cc1ccc(S(=O)(=O)N/N=C2\C=C[C@H]3[C@@H]4CC=C5C[C@@H](O)CC[C@]5(C)[C@H]4CC[C@]23C)cc1. The molecule has 4 aliphatic rings. The van der Waals surface area contributed by atoms with Gasteiger partial charge in [0.25, 0.3) is 10.0 Å². The lowest BCUT2D eigenvalue weighted by atomic mass is 9.48. The molecular formula is C26H34N2O3S. The standard InChI is InChI=1S/C26H34N2O3S/c1-17-4-7-20(8-5-17)32(30,31)28-27-24-11-10-22-21-9-6-18-16-19(29)12-14-25(18,2)23(21)13-15-26(22,24)3/h4-8,10-11,19,21-23,28-29H,9,12-16H2,1-3H3/b27-24+/t19-,21-,22-,23-,25-,26-/m0/s1. The first-order chi connectivity index (χ1) is 15.1. The van der Waals surface area contributed by atoms with E-state index in [0.717, 1.165) is 49.8 Å². The highest BCUT2D eigenvalue weighted by Gasteiger charge is 2.56. The Morgan fingerprint density at radius 3 is 2.56 bits per heavy atom. The fraction of sp³-hybridized carbons (Fsp3) is 0.577. The van der Waals surface area contributed by atoms with Crippen LogP contribution in [0.25, 0.3) is 0 Å². The molecular weight excluding hydrogens is 420 g/mol. The molecule has 1 aromatic rings. The van der Waals surface area contributed by atoms with Crippen LogP contribution in [-0.4, -0.2) is 25.3 Å². The number of hydrazone groups is 1. The molecule has 1 aromatic carbocycles. The van der Waals surface area contributed by atoms with Crippen molar-refractivity contribution in [3.05, 3.63) is 53.6 Å². The van der Waals surface area contributed by atoms with Crippen LogP contribution in [0.3, 0.4) is 0 Å². The van der Waals surface area contributed by atoms with Gasteiger partial charge in [-0.1, -0.05) is 49.3 Å². The lowest BCUT2D eigenvalue weighted by Gasteiger charge is -2.57. The summed E-state index contributed by atoms with van der Waals surface area (Å²) >= 11 is 0. The van der Waals surface area contributed by atoms with Crippen LogP contribution in [-0.2, 0) is 10.0 Å². The highest BCUT2D eigenvalue weighted by atomic mass is 32.2. The van der Waals surface area contributed by atoms with Crippen molar-refractivity contribution in [2.45, 2.75) is 70.3 Å². The van der Waals surface area contributed by atoms with E-state index in [4.69, 9.17) is 0 Å². The second-order valence-electron chi connectivity index (χ2n) is 10.8. The van der Waals surface area contributed by atoms with Crippen molar-refractivity contribution in [1.82, 2.24) is 4.83 Å². The van der Waals surface area contributed by atoms with Gasteiger partial charge in [0.15, 0.2) is 0 Å². The van der Waals surface area contributed by atoms with Gasteiger partial charge in [-0.25, -0.2) is 0 Å². The van der Waals surface area contributed by atoms with Gasteiger partial charge in [-0.15, -0.1) is 0 Å². The highest BCUT2D eigenvalue weighted by Crippen LogP contribution is 2.62. The highest BCUT2D eigenvalue weighted by molar-refractivity contribution is 7.89. The molecule has 0 unspecified atom stereocenters. The molecule has 0 aromatic heterocycles. The second kappa shape index (κ2) is 7.56. The third kappa shape index (κ3) is 3.38. The third-order valence-electron chi connectivity index (χ3n) is 8.99. The number of sulfonamides is 1. The zero-order valence-electron chi connectivity index (χ0n) is 19.2. The average Bonchev–Trinajstić information content (AvgIpc) is 3.09. The van der Waals surface area contributed by atoms with Crippen molar-refractivity contribution in [2.75, 3.05) is 0 Å². The molecule has 0 heterocycles. The third-order valence-corrected chi connectivity index (χ3v) is 10.2. The first kappa shape index (κ1) is 21.9. The molecule has 5 rings (SSSR count). The number of fused-ring (bicyclic) bond motifs is 5. The van der Waals surface area contributed by atoms with Crippen LogP contribution in [0.2, 0.25) is 0 Å². The van der Waals surface area contributed by atoms with Crippen LogP contribution in [0.15, 0.2) is 58.1 Å². The summed E-state index contributed by atoms with van der Waals surface area (Å²) in [6, 6.07) is 6.83. The summed E-state index contributed by atoms with van der Waals surface area (Å²) in [7, 11) is -3.69. The molecule has 4 aliphatic carbocycles. The Bertz CT molecular complexity index is 1100. The van der Waals surface area contributed by atoms with Crippen molar-refractivity contribution in [3.8, 4) is 0 Å². The number of aliphatic hydroxyl groups excluding tert-OH is 1. The molecule has 2 N–H and O–H groups in total. The van der Waals surface area contributed by atoms with Gasteiger partial charge in [0.05, 0.1) is 16.7 Å². The molecule has 172 valence electrons. The van der Waals surface area contributed by atoms with Crippen LogP contribution in [0.4, 0.5) is 0 Å². The summed E-state index contributed by atoms with van der Waals surface area (Å²) in [6.45, 7) is 6.59. The summed E-state index contributed by atoms with van der Waals surface area (Å²) in [5, 5.41) is 14.6. The van der Waals surface area contributed by atoms with Crippen molar-refractivity contribution in [2.24, 2.45) is 33.7 Å². The number of hydrogen-bond acceptors (Lipinski definition) is 4. The minimum Gasteiger partial charge on any atom is -0.393 e. The van der Waals surface area contributed by atoms with Crippen LogP contribution < -0.4 is 4.83 Å². The predicted octanol–water partition coefficient (Wildman–Crippen LogP) is 4.73. The van der Waals surface area contributed by atoms with Crippen LogP contribution in [0.5, 0.6) is 0 Å². The van der Waals surface area contributed by atoms with Crippen molar-refractivity contribution >= 4 is 15.7 Å². The zero-order chi connectivity index (χ0) is 22.7. The van der Waals surface area contributed by atoms with Gasteiger partial charge >= 0.3 is 0 Å². The van der Waals surface area contributed by atoms with E-state index in [0.29, 0.717) is 17.8 Å². The largest absolute Gasteiger partial charge is 0.393 e. The fourth-order valence-electron chi connectivity index (χ4n) is 6.98. The van der Waals surface area contributed by atoms with E-state index in [1.165, 1.54) is 5.57 Å². The summed E-state index contributed by atoms with van der Waals surface area (Å²) in [5.74, 6) is 1.52. The number of aryl methyl sites for hydroxylation is 1. The van der Waals surface area contributed by atoms with Crippen LogP contribution in [0, 0.1) is 35.5 Å². The lowest BCUT2D eigenvalue weighted by Crippen LogP contribution is -2.50. The Morgan fingerprint density at radius 1 is 1.09 bits per heavy atom. The van der Waals surface area contributed by atoms with Gasteiger partial charge in [0.1, 0.15) is 0 Å². The Labute approximate surface area is 191 Å². The maximum Gasteiger partial charge on any atom is 0.276 e. The number of hydrogen-bond donors (Lipinski definition) is 2. The first-order valence-electron chi connectivity index (χ1n) is 11.9. The summed E-state index contributed by atoms with van der Waals surface area (Å²) < 4.78 is 25.5. The van der Waals surface area contributed by atoms with Crippen molar-refractivity contribution in [3.63, 3.8) is 0 Å². The maximum absolute atomic E-state index is 12.7. The molecule has 0 saturated heterocycles. The molecule has 0 bridgehead atoms. The van der Waals surface area contributed by atoms with Crippen molar-refractivity contribution < 1.29 is 13.5 Å². The minimum absolute atomic E-state index is 0.146. The predicted molar refractivity (Wildman–Crippen MR) is 127 cm³/mol. The minimum atomic E-state index is -3.69. The van der Waals surface area contributed by atoms with Gasteiger partial charge in [0.2, 0.25) is 0 Å². The van der Waals surface area contributed by atoms with E-state index in [1.807, 2.05) is 13.0 Å². The van der Waals surface area contributed by atoms with E-state index in [-0.39, 0.29) is 21.8 Å². The molecule has 2 saturated carbocycles.